The number of ether oxygens (including phenoxy) is 2. The van der Waals surface area contributed by atoms with E-state index in [1.54, 1.807) is 6.92 Å². The average molecular weight is 324 g/mol. The molecule has 24 heavy (non-hydrogen) atoms. The highest BCUT2D eigenvalue weighted by molar-refractivity contribution is 5.79. The third-order valence-corrected chi connectivity index (χ3v) is 3.60. The van der Waals surface area contributed by atoms with Crippen LogP contribution >= 0.6 is 0 Å². The third kappa shape index (κ3) is 3.93. The van der Waals surface area contributed by atoms with E-state index in [0.29, 0.717) is 26.1 Å². The van der Waals surface area contributed by atoms with Crippen LogP contribution in [0.4, 0.5) is 0 Å². The summed E-state index contributed by atoms with van der Waals surface area (Å²) < 4.78 is 10.6. The van der Waals surface area contributed by atoms with Crippen molar-refractivity contribution in [3.8, 4) is 17.1 Å². The van der Waals surface area contributed by atoms with Crippen LogP contribution in [-0.2, 0) is 9.53 Å². The van der Waals surface area contributed by atoms with Crippen molar-refractivity contribution in [2.24, 2.45) is 0 Å². The van der Waals surface area contributed by atoms with E-state index in [2.05, 4.69) is 9.97 Å². The number of aromatic amines is 1. The number of H-pyrrole nitrogens is 1. The van der Waals surface area contributed by atoms with Gasteiger partial charge in [0.25, 0.3) is 0 Å². The topological polar surface area (TPSA) is 64.2 Å². The Morgan fingerprint density at radius 1 is 1.17 bits per heavy atom. The summed E-state index contributed by atoms with van der Waals surface area (Å²) in [7, 11) is 0. The number of para-hydroxylation sites is 2. The van der Waals surface area contributed by atoms with Crippen molar-refractivity contribution >= 4 is 17.0 Å². The van der Waals surface area contributed by atoms with Gasteiger partial charge >= 0.3 is 5.97 Å². The zero-order valence-electron chi connectivity index (χ0n) is 13.6. The zero-order chi connectivity index (χ0) is 16.8. The number of nitrogens with zero attached hydrogens (tertiary/aromatic N) is 1. The van der Waals surface area contributed by atoms with E-state index in [-0.39, 0.29) is 5.97 Å². The van der Waals surface area contributed by atoms with Crippen LogP contribution < -0.4 is 4.74 Å². The quantitative estimate of drug-likeness (QED) is 0.528. The van der Waals surface area contributed by atoms with Crippen LogP contribution in [0, 0.1) is 0 Å². The molecule has 3 aromatic rings. The second-order valence-corrected chi connectivity index (χ2v) is 5.39. The van der Waals surface area contributed by atoms with E-state index in [9.17, 15) is 4.79 Å². The number of fused-ring (bicyclic) bond motifs is 1. The van der Waals surface area contributed by atoms with Gasteiger partial charge in [0.2, 0.25) is 0 Å². The molecule has 0 saturated heterocycles. The molecule has 5 nitrogen and oxygen atoms in total. The fourth-order valence-corrected chi connectivity index (χ4v) is 2.46. The Bertz CT molecular complexity index is 793. The number of imidazole rings is 1. The molecule has 0 unspecified atom stereocenters. The number of rotatable bonds is 7. The Balaban J connectivity index is 1.63. The van der Waals surface area contributed by atoms with Crippen LogP contribution in [0.1, 0.15) is 19.8 Å². The molecule has 0 saturated carbocycles. The lowest BCUT2D eigenvalue weighted by Gasteiger charge is -2.07. The van der Waals surface area contributed by atoms with Crippen molar-refractivity contribution in [1.82, 2.24) is 9.97 Å². The number of carbonyl (C=O) groups is 1. The van der Waals surface area contributed by atoms with E-state index in [0.717, 1.165) is 28.2 Å². The molecule has 0 amide bonds. The van der Waals surface area contributed by atoms with E-state index in [1.807, 2.05) is 48.5 Å². The van der Waals surface area contributed by atoms with Gasteiger partial charge in [-0.15, -0.1) is 0 Å². The minimum absolute atomic E-state index is 0.183. The Hall–Kier alpha value is -2.82. The molecule has 0 spiro atoms. The van der Waals surface area contributed by atoms with Gasteiger partial charge in [0.05, 0.1) is 24.2 Å². The second kappa shape index (κ2) is 7.64. The minimum Gasteiger partial charge on any atom is -0.494 e. The van der Waals surface area contributed by atoms with E-state index in [4.69, 9.17) is 9.47 Å². The van der Waals surface area contributed by atoms with Gasteiger partial charge < -0.3 is 14.5 Å². The molecule has 124 valence electrons. The zero-order valence-corrected chi connectivity index (χ0v) is 13.6. The molecule has 1 N–H and O–H groups in total. The first-order chi connectivity index (χ1) is 11.8. The molecule has 0 fully saturated rings. The molecule has 1 heterocycles. The van der Waals surface area contributed by atoms with Crippen LogP contribution in [0.15, 0.2) is 48.5 Å². The first-order valence-electron chi connectivity index (χ1n) is 8.10. The Morgan fingerprint density at radius 3 is 2.88 bits per heavy atom. The van der Waals surface area contributed by atoms with Crippen LogP contribution in [0.3, 0.4) is 0 Å². The molecular weight excluding hydrogens is 304 g/mol. The summed E-state index contributed by atoms with van der Waals surface area (Å²) in [5.41, 5.74) is 2.91. The van der Waals surface area contributed by atoms with Gasteiger partial charge in [0, 0.05) is 12.0 Å². The highest BCUT2D eigenvalue weighted by Crippen LogP contribution is 2.24. The average Bonchev–Trinajstić information content (AvgIpc) is 3.03. The maximum atomic E-state index is 11.3. The molecule has 0 bridgehead atoms. The van der Waals surface area contributed by atoms with Crippen molar-refractivity contribution in [2.45, 2.75) is 19.8 Å². The van der Waals surface area contributed by atoms with Gasteiger partial charge in [-0.3, -0.25) is 4.79 Å². The number of benzene rings is 2. The monoisotopic (exact) mass is 324 g/mol. The van der Waals surface area contributed by atoms with Crippen LogP contribution in [0.2, 0.25) is 0 Å². The van der Waals surface area contributed by atoms with Crippen molar-refractivity contribution in [2.75, 3.05) is 13.2 Å². The summed E-state index contributed by atoms with van der Waals surface area (Å²) in [5, 5.41) is 0. The molecule has 2 aromatic carbocycles. The maximum Gasteiger partial charge on any atom is 0.305 e. The molecule has 0 aliphatic rings. The molecule has 0 atom stereocenters. The number of aromatic nitrogens is 2. The fourth-order valence-electron chi connectivity index (χ4n) is 2.46. The van der Waals surface area contributed by atoms with Gasteiger partial charge in [-0.25, -0.2) is 4.98 Å². The Labute approximate surface area is 140 Å². The van der Waals surface area contributed by atoms with Crippen molar-refractivity contribution in [3.05, 3.63) is 48.5 Å². The standard InChI is InChI=1S/C19H20N2O3/c1-2-23-18(22)11-6-12-24-15-8-5-7-14(13-15)19-20-16-9-3-4-10-17(16)21-19/h3-5,7-10,13H,2,6,11-12H2,1H3,(H,20,21). The number of esters is 1. The second-order valence-electron chi connectivity index (χ2n) is 5.39. The minimum atomic E-state index is -0.183. The summed E-state index contributed by atoms with van der Waals surface area (Å²) in [6.45, 7) is 2.69. The first-order valence-corrected chi connectivity index (χ1v) is 8.10. The van der Waals surface area contributed by atoms with Crippen LogP contribution in [-0.4, -0.2) is 29.2 Å². The van der Waals surface area contributed by atoms with Gasteiger partial charge in [0.15, 0.2) is 0 Å². The molecule has 0 aliphatic heterocycles. The van der Waals surface area contributed by atoms with Gasteiger partial charge in [-0.05, 0) is 37.6 Å². The number of nitrogens with one attached hydrogen (secondary N) is 1. The highest BCUT2D eigenvalue weighted by Gasteiger charge is 2.06. The van der Waals surface area contributed by atoms with Crippen molar-refractivity contribution in [1.29, 1.82) is 0 Å². The van der Waals surface area contributed by atoms with Crippen LogP contribution in [0.5, 0.6) is 5.75 Å². The van der Waals surface area contributed by atoms with Crippen molar-refractivity contribution in [3.63, 3.8) is 0 Å². The third-order valence-electron chi connectivity index (χ3n) is 3.60. The molecular formula is C19H20N2O3. The highest BCUT2D eigenvalue weighted by atomic mass is 16.5. The van der Waals surface area contributed by atoms with Crippen LogP contribution in [0.25, 0.3) is 22.4 Å². The number of carbonyl (C=O) groups excluding carboxylic acids is 1. The van der Waals surface area contributed by atoms with E-state index >= 15 is 0 Å². The summed E-state index contributed by atoms with van der Waals surface area (Å²) in [6.07, 6.45) is 1.00. The molecule has 5 heteroatoms. The first kappa shape index (κ1) is 16.1. The summed E-state index contributed by atoms with van der Waals surface area (Å²) in [6, 6.07) is 15.7. The lowest BCUT2D eigenvalue weighted by molar-refractivity contribution is -0.143. The van der Waals surface area contributed by atoms with Crippen molar-refractivity contribution < 1.29 is 14.3 Å². The maximum absolute atomic E-state index is 11.3. The summed E-state index contributed by atoms with van der Waals surface area (Å²) >= 11 is 0. The van der Waals surface area contributed by atoms with Gasteiger partial charge in [-0.2, -0.15) is 0 Å². The fraction of sp³-hybridized carbons (Fsp3) is 0.263. The smallest absolute Gasteiger partial charge is 0.305 e. The molecule has 1 aromatic heterocycles. The SMILES string of the molecule is CCOC(=O)CCCOc1cccc(-c2nc3ccccc3[nH]2)c1. The van der Waals surface area contributed by atoms with Gasteiger partial charge in [0.1, 0.15) is 11.6 Å². The Kier molecular flexibility index (Phi) is 5.11. The van der Waals surface area contributed by atoms with E-state index in [1.165, 1.54) is 0 Å². The largest absolute Gasteiger partial charge is 0.494 e. The Morgan fingerprint density at radius 2 is 2.04 bits per heavy atom. The normalized spacial score (nSPS) is 10.7. The van der Waals surface area contributed by atoms with E-state index < -0.39 is 0 Å². The predicted molar refractivity (Wildman–Crippen MR) is 92.9 cm³/mol. The molecule has 3 rings (SSSR count). The molecule has 0 aliphatic carbocycles. The number of hydrogen-bond acceptors (Lipinski definition) is 4. The summed E-state index contributed by atoms with van der Waals surface area (Å²) in [5.74, 6) is 1.39. The number of hydrogen-bond donors (Lipinski definition) is 1. The van der Waals surface area contributed by atoms with Gasteiger partial charge in [-0.1, -0.05) is 24.3 Å². The summed E-state index contributed by atoms with van der Waals surface area (Å²) in [4.78, 5) is 19.2. The molecule has 0 radical (unpaired) electrons. The lowest BCUT2D eigenvalue weighted by atomic mass is 10.2. The lowest BCUT2D eigenvalue weighted by Crippen LogP contribution is -2.06. The predicted octanol–water partition coefficient (Wildman–Crippen LogP) is 3.95.